The molecule has 0 saturated heterocycles. The Morgan fingerprint density at radius 2 is 1.79 bits per heavy atom. The Morgan fingerprint density at radius 1 is 1.11 bits per heavy atom. The molecular formula is C15H18ClN3. The van der Waals surface area contributed by atoms with Crippen LogP contribution in [0.1, 0.15) is 25.1 Å². The van der Waals surface area contributed by atoms with E-state index in [4.69, 9.17) is 11.6 Å². The summed E-state index contributed by atoms with van der Waals surface area (Å²) in [5, 5.41) is 4.03. The van der Waals surface area contributed by atoms with E-state index in [-0.39, 0.29) is 0 Å². The van der Waals surface area contributed by atoms with Crippen molar-refractivity contribution in [3.8, 4) is 11.4 Å². The number of nitrogens with zero attached hydrogens (tertiary/aromatic N) is 2. The average molecular weight is 276 g/mol. The van der Waals surface area contributed by atoms with Crippen molar-refractivity contribution < 1.29 is 0 Å². The highest BCUT2D eigenvalue weighted by atomic mass is 35.5. The number of aryl methyl sites for hydroxylation is 1. The van der Waals surface area contributed by atoms with Gasteiger partial charge in [-0.1, -0.05) is 18.5 Å². The molecule has 2 aromatic rings. The molecule has 0 aliphatic heterocycles. The molecule has 0 aliphatic rings. The second kappa shape index (κ2) is 6.02. The van der Waals surface area contributed by atoms with Crippen molar-refractivity contribution in [1.29, 1.82) is 0 Å². The van der Waals surface area contributed by atoms with Gasteiger partial charge in [0.05, 0.1) is 0 Å². The molecule has 0 atom stereocenters. The monoisotopic (exact) mass is 275 g/mol. The summed E-state index contributed by atoms with van der Waals surface area (Å²) in [6.45, 7) is 7.07. The van der Waals surface area contributed by atoms with Crippen molar-refractivity contribution in [2.45, 2.75) is 27.2 Å². The lowest BCUT2D eigenvalue weighted by molar-refractivity contribution is 0.989. The predicted octanol–water partition coefficient (Wildman–Crippen LogP) is 4.10. The van der Waals surface area contributed by atoms with E-state index in [2.05, 4.69) is 29.1 Å². The van der Waals surface area contributed by atoms with E-state index >= 15 is 0 Å². The summed E-state index contributed by atoms with van der Waals surface area (Å²) in [4.78, 5) is 9.22. The van der Waals surface area contributed by atoms with Crippen molar-refractivity contribution in [3.63, 3.8) is 0 Å². The second-order valence-electron chi connectivity index (χ2n) is 4.35. The molecule has 19 heavy (non-hydrogen) atoms. The standard InChI is InChI=1S/C15H18ClN3/c1-4-13-10(3)18-14(19-15(13)17-5-2)11-6-8-12(16)9-7-11/h6-9H,4-5H2,1-3H3,(H,17,18,19). The largest absolute Gasteiger partial charge is 0.370 e. The van der Waals surface area contributed by atoms with E-state index in [0.29, 0.717) is 0 Å². The highest BCUT2D eigenvalue weighted by Crippen LogP contribution is 2.23. The predicted molar refractivity (Wildman–Crippen MR) is 80.8 cm³/mol. The Kier molecular flexibility index (Phi) is 4.38. The smallest absolute Gasteiger partial charge is 0.161 e. The van der Waals surface area contributed by atoms with Gasteiger partial charge in [-0.15, -0.1) is 0 Å². The number of aromatic nitrogens is 2. The van der Waals surface area contributed by atoms with Gasteiger partial charge in [0.1, 0.15) is 5.82 Å². The first-order valence-electron chi connectivity index (χ1n) is 6.53. The van der Waals surface area contributed by atoms with Crippen LogP contribution in [-0.2, 0) is 6.42 Å². The number of anilines is 1. The van der Waals surface area contributed by atoms with E-state index in [1.54, 1.807) is 0 Å². The van der Waals surface area contributed by atoms with Crippen molar-refractivity contribution in [2.75, 3.05) is 11.9 Å². The van der Waals surface area contributed by atoms with Crippen LogP contribution in [0, 0.1) is 6.92 Å². The van der Waals surface area contributed by atoms with Crippen LogP contribution < -0.4 is 5.32 Å². The lowest BCUT2D eigenvalue weighted by Crippen LogP contribution is -2.07. The first-order valence-corrected chi connectivity index (χ1v) is 6.90. The summed E-state index contributed by atoms with van der Waals surface area (Å²) in [5.41, 5.74) is 3.19. The molecule has 0 radical (unpaired) electrons. The molecule has 0 spiro atoms. The zero-order valence-corrected chi connectivity index (χ0v) is 12.3. The van der Waals surface area contributed by atoms with Gasteiger partial charge in [-0.25, -0.2) is 9.97 Å². The van der Waals surface area contributed by atoms with Gasteiger partial charge in [-0.3, -0.25) is 0 Å². The number of benzene rings is 1. The van der Waals surface area contributed by atoms with Crippen molar-refractivity contribution in [3.05, 3.63) is 40.5 Å². The second-order valence-corrected chi connectivity index (χ2v) is 4.79. The zero-order valence-electron chi connectivity index (χ0n) is 11.5. The van der Waals surface area contributed by atoms with Crippen molar-refractivity contribution >= 4 is 17.4 Å². The van der Waals surface area contributed by atoms with E-state index in [1.165, 1.54) is 5.56 Å². The van der Waals surface area contributed by atoms with E-state index in [1.807, 2.05) is 31.2 Å². The minimum absolute atomic E-state index is 0.720. The SMILES string of the molecule is CCNc1nc(-c2ccc(Cl)cc2)nc(C)c1CC. The van der Waals surface area contributed by atoms with E-state index in [0.717, 1.165) is 40.9 Å². The van der Waals surface area contributed by atoms with Gasteiger partial charge < -0.3 is 5.32 Å². The lowest BCUT2D eigenvalue weighted by Gasteiger charge is -2.13. The fourth-order valence-electron chi connectivity index (χ4n) is 2.06. The third kappa shape index (κ3) is 3.04. The van der Waals surface area contributed by atoms with Crippen LogP contribution in [-0.4, -0.2) is 16.5 Å². The van der Waals surface area contributed by atoms with E-state index in [9.17, 15) is 0 Å². The minimum Gasteiger partial charge on any atom is -0.370 e. The molecule has 2 rings (SSSR count). The Labute approximate surface area is 119 Å². The van der Waals surface area contributed by atoms with Crippen molar-refractivity contribution in [1.82, 2.24) is 9.97 Å². The van der Waals surface area contributed by atoms with Gasteiger partial charge in [0.25, 0.3) is 0 Å². The van der Waals surface area contributed by atoms with Gasteiger partial charge >= 0.3 is 0 Å². The molecule has 100 valence electrons. The minimum atomic E-state index is 0.720. The summed E-state index contributed by atoms with van der Waals surface area (Å²) in [6.07, 6.45) is 0.926. The molecule has 0 saturated carbocycles. The van der Waals surface area contributed by atoms with Crippen LogP contribution in [0.3, 0.4) is 0 Å². The molecule has 0 unspecified atom stereocenters. The number of nitrogens with one attached hydrogen (secondary N) is 1. The molecule has 4 heteroatoms. The third-order valence-electron chi connectivity index (χ3n) is 3.01. The van der Waals surface area contributed by atoms with Crippen LogP contribution in [0.2, 0.25) is 5.02 Å². The van der Waals surface area contributed by atoms with Gasteiger partial charge in [0, 0.05) is 28.4 Å². The van der Waals surface area contributed by atoms with Crippen LogP contribution in [0.25, 0.3) is 11.4 Å². The number of hydrogen-bond acceptors (Lipinski definition) is 3. The summed E-state index contributed by atoms with van der Waals surface area (Å²) < 4.78 is 0. The van der Waals surface area contributed by atoms with Gasteiger partial charge in [0.2, 0.25) is 0 Å². The first kappa shape index (κ1) is 13.8. The maximum absolute atomic E-state index is 5.91. The number of rotatable bonds is 4. The van der Waals surface area contributed by atoms with Gasteiger partial charge in [-0.2, -0.15) is 0 Å². The first-order chi connectivity index (χ1) is 9.15. The van der Waals surface area contributed by atoms with Gasteiger partial charge in [-0.05, 0) is 44.5 Å². The zero-order chi connectivity index (χ0) is 13.8. The Bertz CT molecular complexity index is 564. The summed E-state index contributed by atoms with van der Waals surface area (Å²) in [6, 6.07) is 7.60. The molecule has 3 nitrogen and oxygen atoms in total. The van der Waals surface area contributed by atoms with Crippen LogP contribution in [0.15, 0.2) is 24.3 Å². The van der Waals surface area contributed by atoms with Gasteiger partial charge in [0.15, 0.2) is 5.82 Å². The maximum Gasteiger partial charge on any atom is 0.161 e. The fourth-order valence-corrected chi connectivity index (χ4v) is 2.19. The Hall–Kier alpha value is -1.61. The maximum atomic E-state index is 5.91. The summed E-state index contributed by atoms with van der Waals surface area (Å²) in [5.74, 6) is 1.67. The average Bonchev–Trinajstić information content (AvgIpc) is 2.39. The van der Waals surface area contributed by atoms with Crippen LogP contribution in [0.4, 0.5) is 5.82 Å². The summed E-state index contributed by atoms with van der Waals surface area (Å²) >= 11 is 5.91. The molecule has 0 aliphatic carbocycles. The topological polar surface area (TPSA) is 37.8 Å². The molecule has 0 bridgehead atoms. The fraction of sp³-hybridized carbons (Fsp3) is 0.333. The third-order valence-corrected chi connectivity index (χ3v) is 3.27. The summed E-state index contributed by atoms with van der Waals surface area (Å²) in [7, 11) is 0. The molecular weight excluding hydrogens is 258 g/mol. The molecule has 0 fully saturated rings. The highest BCUT2D eigenvalue weighted by Gasteiger charge is 2.10. The molecule has 0 amide bonds. The molecule has 1 aromatic heterocycles. The number of halogens is 1. The Balaban J connectivity index is 2.49. The van der Waals surface area contributed by atoms with E-state index < -0.39 is 0 Å². The quantitative estimate of drug-likeness (QED) is 0.913. The highest BCUT2D eigenvalue weighted by molar-refractivity contribution is 6.30. The normalized spacial score (nSPS) is 10.5. The number of hydrogen-bond donors (Lipinski definition) is 1. The van der Waals surface area contributed by atoms with Crippen LogP contribution >= 0.6 is 11.6 Å². The molecule has 1 heterocycles. The molecule has 1 N–H and O–H groups in total. The van der Waals surface area contributed by atoms with Crippen LogP contribution in [0.5, 0.6) is 0 Å². The Morgan fingerprint density at radius 3 is 2.37 bits per heavy atom. The van der Waals surface area contributed by atoms with Crippen molar-refractivity contribution in [2.24, 2.45) is 0 Å². The molecule has 1 aromatic carbocycles. The lowest BCUT2D eigenvalue weighted by atomic mass is 10.1.